The fraction of sp³-hybridized carbons (Fsp3) is 0.250. The van der Waals surface area contributed by atoms with Crippen molar-refractivity contribution < 1.29 is 14.3 Å². The first-order valence-corrected chi connectivity index (χ1v) is 11.0. The molecular formula is C24H24IN3O3. The van der Waals surface area contributed by atoms with Gasteiger partial charge in [-0.2, -0.15) is 5.26 Å². The minimum absolute atomic E-state index is 0.103. The zero-order valence-corrected chi connectivity index (χ0v) is 19.5. The van der Waals surface area contributed by atoms with E-state index in [9.17, 15) is 10.1 Å². The Balaban J connectivity index is 1.74. The fourth-order valence-corrected chi connectivity index (χ4v) is 4.17. The molecule has 1 saturated heterocycles. The number of carbonyl (C=O) groups excluding carboxylic acids is 1. The maximum absolute atomic E-state index is 13.0. The van der Waals surface area contributed by atoms with Crippen LogP contribution in [0.3, 0.4) is 0 Å². The topological polar surface area (TPSA) is 65.8 Å². The number of benzene rings is 2. The summed E-state index contributed by atoms with van der Waals surface area (Å²) in [6, 6.07) is 15.8. The molecule has 1 amide bonds. The summed E-state index contributed by atoms with van der Waals surface area (Å²) in [5, 5.41) is 9.64. The molecule has 2 aromatic rings. The maximum Gasteiger partial charge on any atom is 0.264 e. The lowest BCUT2D eigenvalue weighted by molar-refractivity contribution is -0.126. The van der Waals surface area contributed by atoms with E-state index in [0.717, 1.165) is 22.3 Å². The fourth-order valence-electron chi connectivity index (χ4n) is 3.39. The van der Waals surface area contributed by atoms with E-state index in [4.69, 9.17) is 9.47 Å². The molecule has 2 aromatic carbocycles. The lowest BCUT2D eigenvalue weighted by Crippen LogP contribution is -2.49. The van der Waals surface area contributed by atoms with Crippen LogP contribution in [-0.2, 0) is 4.79 Å². The summed E-state index contributed by atoms with van der Waals surface area (Å²) in [6.07, 6.45) is 3.27. The average molecular weight is 529 g/mol. The van der Waals surface area contributed by atoms with Gasteiger partial charge >= 0.3 is 0 Å². The first-order chi connectivity index (χ1) is 15.1. The van der Waals surface area contributed by atoms with Crippen molar-refractivity contribution in [2.45, 2.75) is 0 Å². The summed E-state index contributed by atoms with van der Waals surface area (Å²) in [7, 11) is 1.56. The van der Waals surface area contributed by atoms with Gasteiger partial charge in [-0.3, -0.25) is 4.79 Å². The Morgan fingerprint density at radius 2 is 1.94 bits per heavy atom. The van der Waals surface area contributed by atoms with Gasteiger partial charge in [-0.05, 0) is 58.5 Å². The van der Waals surface area contributed by atoms with Crippen LogP contribution in [0, 0.1) is 14.9 Å². The molecule has 1 aliphatic rings. The van der Waals surface area contributed by atoms with Crippen LogP contribution >= 0.6 is 22.6 Å². The Kier molecular flexibility index (Phi) is 7.95. The Morgan fingerprint density at radius 3 is 2.55 bits per heavy atom. The summed E-state index contributed by atoms with van der Waals surface area (Å²) in [5.74, 6) is 0.902. The highest BCUT2D eigenvalue weighted by molar-refractivity contribution is 14.1. The maximum atomic E-state index is 13.0. The number of piperazine rings is 1. The van der Waals surface area contributed by atoms with Gasteiger partial charge in [-0.1, -0.05) is 30.9 Å². The lowest BCUT2D eigenvalue weighted by Gasteiger charge is -2.36. The van der Waals surface area contributed by atoms with Gasteiger partial charge in [0.2, 0.25) is 0 Å². The largest absolute Gasteiger partial charge is 0.493 e. The van der Waals surface area contributed by atoms with Gasteiger partial charge in [-0.25, -0.2) is 0 Å². The van der Waals surface area contributed by atoms with Gasteiger partial charge in [0.1, 0.15) is 18.2 Å². The molecule has 0 aliphatic carbocycles. The van der Waals surface area contributed by atoms with Gasteiger partial charge in [0.05, 0.1) is 10.7 Å². The molecule has 0 atom stereocenters. The number of rotatable bonds is 7. The molecule has 0 spiro atoms. The van der Waals surface area contributed by atoms with Crippen LogP contribution in [0.25, 0.3) is 6.08 Å². The summed E-state index contributed by atoms with van der Waals surface area (Å²) < 4.78 is 11.9. The molecule has 160 valence electrons. The van der Waals surface area contributed by atoms with Gasteiger partial charge in [0.25, 0.3) is 5.91 Å². The molecule has 0 saturated carbocycles. The van der Waals surface area contributed by atoms with Crippen molar-refractivity contribution in [1.29, 1.82) is 5.26 Å². The number of hydrogen-bond donors (Lipinski definition) is 0. The molecule has 3 rings (SSSR count). The third-order valence-electron chi connectivity index (χ3n) is 4.95. The standard InChI is InChI=1S/C24H24IN3O3/c1-3-13-31-23-21(25)15-18(16-22(23)30-2)14-19(17-26)24(29)28-11-9-27(10-12-28)20-7-5-4-6-8-20/h3-8,14-16H,1,9-13H2,2H3/b19-14+. The van der Waals surface area contributed by atoms with E-state index in [1.807, 2.05) is 24.3 Å². The second kappa shape index (κ2) is 10.9. The number of anilines is 1. The van der Waals surface area contributed by atoms with Crippen molar-refractivity contribution in [3.05, 3.63) is 69.8 Å². The molecule has 1 heterocycles. The normalized spacial score (nSPS) is 14.0. The zero-order valence-electron chi connectivity index (χ0n) is 17.4. The number of methoxy groups -OCH3 is 1. The lowest BCUT2D eigenvalue weighted by atomic mass is 10.1. The van der Waals surface area contributed by atoms with Crippen molar-refractivity contribution in [2.75, 3.05) is 44.8 Å². The van der Waals surface area contributed by atoms with E-state index in [1.165, 1.54) is 0 Å². The van der Waals surface area contributed by atoms with Crippen molar-refractivity contribution >= 4 is 40.3 Å². The first-order valence-electron chi connectivity index (χ1n) is 9.89. The van der Waals surface area contributed by atoms with Crippen LogP contribution in [0.4, 0.5) is 5.69 Å². The Hall–Kier alpha value is -2.99. The van der Waals surface area contributed by atoms with Crippen molar-refractivity contribution in [3.63, 3.8) is 0 Å². The van der Waals surface area contributed by atoms with Crippen LogP contribution in [0.15, 0.2) is 60.7 Å². The molecule has 7 heteroatoms. The molecule has 31 heavy (non-hydrogen) atoms. The summed E-state index contributed by atoms with van der Waals surface area (Å²) in [6.45, 7) is 6.62. The first kappa shape index (κ1) is 22.7. The molecular weight excluding hydrogens is 505 g/mol. The number of hydrogen-bond acceptors (Lipinski definition) is 5. The number of nitriles is 1. The predicted molar refractivity (Wildman–Crippen MR) is 130 cm³/mol. The Labute approximate surface area is 196 Å². The summed E-state index contributed by atoms with van der Waals surface area (Å²) >= 11 is 2.15. The Bertz CT molecular complexity index is 1010. The summed E-state index contributed by atoms with van der Waals surface area (Å²) in [4.78, 5) is 17.0. The van der Waals surface area contributed by atoms with E-state index in [2.05, 4.69) is 52.3 Å². The molecule has 1 aliphatic heterocycles. The second-order valence-corrected chi connectivity index (χ2v) is 8.08. The van der Waals surface area contributed by atoms with Crippen molar-refractivity contribution in [2.24, 2.45) is 0 Å². The van der Waals surface area contributed by atoms with Crippen LogP contribution in [0.1, 0.15) is 5.56 Å². The monoisotopic (exact) mass is 529 g/mol. The van der Waals surface area contributed by atoms with E-state index in [0.29, 0.717) is 36.8 Å². The van der Waals surface area contributed by atoms with E-state index >= 15 is 0 Å². The van der Waals surface area contributed by atoms with Gasteiger partial charge in [0.15, 0.2) is 11.5 Å². The predicted octanol–water partition coefficient (Wildman–Crippen LogP) is 4.12. The average Bonchev–Trinajstić information content (AvgIpc) is 2.81. The van der Waals surface area contributed by atoms with Crippen LogP contribution in [-0.4, -0.2) is 50.7 Å². The third kappa shape index (κ3) is 5.58. The molecule has 6 nitrogen and oxygen atoms in total. The molecule has 0 N–H and O–H groups in total. The van der Waals surface area contributed by atoms with Crippen LogP contribution < -0.4 is 14.4 Å². The molecule has 0 unspecified atom stereocenters. The summed E-state index contributed by atoms with van der Waals surface area (Å²) in [5.41, 5.74) is 1.96. The number of amides is 1. The minimum atomic E-state index is -0.254. The van der Waals surface area contributed by atoms with Gasteiger partial charge < -0.3 is 19.3 Å². The smallest absolute Gasteiger partial charge is 0.264 e. The van der Waals surface area contributed by atoms with Crippen molar-refractivity contribution in [3.8, 4) is 17.6 Å². The minimum Gasteiger partial charge on any atom is -0.493 e. The van der Waals surface area contributed by atoms with Crippen LogP contribution in [0.5, 0.6) is 11.5 Å². The number of halogens is 1. The van der Waals surface area contributed by atoms with Crippen LogP contribution in [0.2, 0.25) is 0 Å². The number of ether oxygens (including phenoxy) is 2. The highest BCUT2D eigenvalue weighted by Gasteiger charge is 2.24. The second-order valence-electron chi connectivity index (χ2n) is 6.92. The highest BCUT2D eigenvalue weighted by Crippen LogP contribution is 2.34. The van der Waals surface area contributed by atoms with Gasteiger partial charge in [0, 0.05) is 31.9 Å². The van der Waals surface area contributed by atoms with E-state index < -0.39 is 0 Å². The zero-order chi connectivity index (χ0) is 22.2. The highest BCUT2D eigenvalue weighted by atomic mass is 127. The quantitative estimate of drug-likeness (QED) is 0.234. The van der Waals surface area contributed by atoms with Gasteiger partial charge in [-0.15, -0.1) is 0 Å². The van der Waals surface area contributed by atoms with E-state index in [1.54, 1.807) is 30.2 Å². The molecule has 0 aromatic heterocycles. The molecule has 1 fully saturated rings. The Morgan fingerprint density at radius 1 is 1.23 bits per heavy atom. The molecule has 0 bridgehead atoms. The number of nitrogens with zero attached hydrogens (tertiary/aromatic N) is 3. The molecule has 0 radical (unpaired) electrons. The van der Waals surface area contributed by atoms with Crippen molar-refractivity contribution in [1.82, 2.24) is 4.90 Å². The number of para-hydroxylation sites is 1. The van der Waals surface area contributed by atoms with E-state index in [-0.39, 0.29) is 11.5 Å². The third-order valence-corrected chi connectivity index (χ3v) is 5.75. The SMILES string of the molecule is C=CCOc1c(I)cc(/C=C(\C#N)C(=O)N2CCN(c3ccccc3)CC2)cc1OC. The number of carbonyl (C=O) groups is 1.